The highest BCUT2D eigenvalue weighted by Crippen LogP contribution is 2.19. The van der Waals surface area contributed by atoms with Gasteiger partial charge in [0, 0.05) is 12.6 Å². The molecule has 1 saturated carbocycles. The Morgan fingerprint density at radius 1 is 1.32 bits per heavy atom. The van der Waals surface area contributed by atoms with Crippen molar-refractivity contribution in [2.24, 2.45) is 0 Å². The first-order valence-electron chi connectivity index (χ1n) is 6.59. The molecule has 5 heteroatoms. The lowest BCUT2D eigenvalue weighted by molar-refractivity contribution is 0.414. The Balaban J connectivity index is 1.58. The number of rotatable bonds is 6. The second-order valence-corrected chi connectivity index (χ2v) is 4.91. The Labute approximate surface area is 112 Å². The monoisotopic (exact) mass is 258 g/mol. The summed E-state index contributed by atoms with van der Waals surface area (Å²) in [7, 11) is 1.67. The zero-order valence-electron chi connectivity index (χ0n) is 11.0. The average Bonchev–Trinajstić information content (AvgIpc) is 3.17. The Kier molecular flexibility index (Phi) is 3.46. The van der Waals surface area contributed by atoms with Crippen LogP contribution in [0, 0.1) is 0 Å². The number of ether oxygens (including phenoxy) is 1. The molecule has 1 heterocycles. The van der Waals surface area contributed by atoms with Crippen molar-refractivity contribution in [2.75, 3.05) is 7.11 Å². The van der Waals surface area contributed by atoms with Crippen LogP contribution in [0.15, 0.2) is 30.5 Å². The average molecular weight is 258 g/mol. The molecule has 1 N–H and O–H groups in total. The van der Waals surface area contributed by atoms with Crippen LogP contribution in [0.2, 0.25) is 0 Å². The Morgan fingerprint density at radius 2 is 2.11 bits per heavy atom. The number of nitrogens with one attached hydrogen (secondary N) is 1. The molecule has 3 rings (SSSR count). The smallest absolute Gasteiger partial charge is 0.118 e. The molecular formula is C14H18N4O. The maximum Gasteiger partial charge on any atom is 0.118 e. The van der Waals surface area contributed by atoms with Gasteiger partial charge in [0.2, 0.25) is 0 Å². The molecule has 1 fully saturated rings. The number of methoxy groups -OCH3 is 1. The second kappa shape index (κ2) is 5.40. The highest BCUT2D eigenvalue weighted by Gasteiger charge is 2.20. The van der Waals surface area contributed by atoms with Gasteiger partial charge >= 0.3 is 0 Å². The van der Waals surface area contributed by atoms with Crippen LogP contribution in [-0.2, 0) is 13.1 Å². The van der Waals surface area contributed by atoms with Crippen molar-refractivity contribution in [3.05, 3.63) is 41.7 Å². The molecule has 100 valence electrons. The van der Waals surface area contributed by atoms with E-state index in [-0.39, 0.29) is 0 Å². The van der Waals surface area contributed by atoms with Crippen molar-refractivity contribution in [3.63, 3.8) is 0 Å². The second-order valence-electron chi connectivity index (χ2n) is 4.91. The van der Waals surface area contributed by atoms with Crippen molar-refractivity contribution < 1.29 is 4.74 Å². The van der Waals surface area contributed by atoms with Gasteiger partial charge in [-0.15, -0.1) is 5.10 Å². The lowest BCUT2D eigenvalue weighted by Gasteiger charge is -2.03. The summed E-state index contributed by atoms with van der Waals surface area (Å²) in [6.45, 7) is 1.55. The molecule has 0 bridgehead atoms. The number of hydrogen-bond acceptors (Lipinski definition) is 4. The van der Waals surface area contributed by atoms with E-state index in [9.17, 15) is 0 Å². The summed E-state index contributed by atoms with van der Waals surface area (Å²) < 4.78 is 7.01. The normalized spacial score (nSPS) is 14.6. The van der Waals surface area contributed by atoms with Crippen molar-refractivity contribution in [2.45, 2.75) is 32.0 Å². The van der Waals surface area contributed by atoms with Gasteiger partial charge in [0.05, 0.1) is 25.5 Å². The van der Waals surface area contributed by atoms with E-state index in [1.165, 1.54) is 18.4 Å². The summed E-state index contributed by atoms with van der Waals surface area (Å²) in [6.07, 6.45) is 4.58. The van der Waals surface area contributed by atoms with E-state index < -0.39 is 0 Å². The SMILES string of the molecule is COc1ccc(Cn2cc(CNC3CC3)nn2)cc1. The van der Waals surface area contributed by atoms with E-state index in [4.69, 9.17) is 4.74 Å². The highest BCUT2D eigenvalue weighted by atomic mass is 16.5. The Bertz CT molecular complexity index is 531. The first kappa shape index (κ1) is 12.2. The molecule has 1 aromatic carbocycles. The summed E-state index contributed by atoms with van der Waals surface area (Å²) >= 11 is 0. The molecule has 1 aliphatic rings. The summed E-state index contributed by atoms with van der Waals surface area (Å²) in [4.78, 5) is 0. The molecule has 0 saturated heterocycles. The van der Waals surface area contributed by atoms with Crippen molar-refractivity contribution in [1.82, 2.24) is 20.3 Å². The van der Waals surface area contributed by atoms with Crippen LogP contribution in [0.3, 0.4) is 0 Å². The quantitative estimate of drug-likeness (QED) is 0.855. The summed E-state index contributed by atoms with van der Waals surface area (Å²) in [5.74, 6) is 0.872. The summed E-state index contributed by atoms with van der Waals surface area (Å²) in [5, 5.41) is 11.8. The minimum atomic E-state index is 0.701. The molecule has 0 aliphatic heterocycles. The third kappa shape index (κ3) is 3.32. The van der Waals surface area contributed by atoms with Crippen molar-refractivity contribution >= 4 is 0 Å². The molecular weight excluding hydrogens is 240 g/mol. The number of aromatic nitrogens is 3. The molecule has 0 atom stereocenters. The zero-order chi connectivity index (χ0) is 13.1. The molecule has 0 amide bonds. The van der Waals surface area contributed by atoms with E-state index in [2.05, 4.69) is 15.6 Å². The van der Waals surface area contributed by atoms with E-state index >= 15 is 0 Å². The van der Waals surface area contributed by atoms with Gasteiger partial charge in [0.25, 0.3) is 0 Å². The van der Waals surface area contributed by atoms with Crippen LogP contribution in [0.1, 0.15) is 24.1 Å². The van der Waals surface area contributed by atoms with Gasteiger partial charge in [-0.05, 0) is 30.5 Å². The fraction of sp³-hybridized carbons (Fsp3) is 0.429. The van der Waals surface area contributed by atoms with E-state index in [1.807, 2.05) is 35.1 Å². The van der Waals surface area contributed by atoms with Gasteiger partial charge < -0.3 is 10.1 Å². The molecule has 0 radical (unpaired) electrons. The number of benzene rings is 1. The molecule has 2 aromatic rings. The van der Waals surface area contributed by atoms with Gasteiger partial charge in [0.1, 0.15) is 5.75 Å². The zero-order valence-corrected chi connectivity index (χ0v) is 11.0. The third-order valence-corrected chi connectivity index (χ3v) is 3.24. The molecule has 1 aliphatic carbocycles. The van der Waals surface area contributed by atoms with Gasteiger partial charge in [-0.1, -0.05) is 17.3 Å². The maximum atomic E-state index is 5.14. The molecule has 1 aromatic heterocycles. The number of hydrogen-bond donors (Lipinski definition) is 1. The first-order chi connectivity index (χ1) is 9.33. The van der Waals surface area contributed by atoms with Gasteiger partial charge in [-0.3, -0.25) is 0 Å². The Hall–Kier alpha value is -1.88. The van der Waals surface area contributed by atoms with E-state index in [1.54, 1.807) is 7.11 Å². The van der Waals surface area contributed by atoms with Crippen LogP contribution in [0.25, 0.3) is 0 Å². The lowest BCUT2D eigenvalue weighted by Crippen LogP contribution is -2.15. The van der Waals surface area contributed by atoms with Crippen LogP contribution in [-0.4, -0.2) is 28.1 Å². The Morgan fingerprint density at radius 3 is 2.79 bits per heavy atom. The van der Waals surface area contributed by atoms with E-state index in [0.717, 1.165) is 24.5 Å². The molecule has 0 unspecified atom stereocenters. The number of nitrogens with zero attached hydrogens (tertiary/aromatic N) is 3. The van der Waals surface area contributed by atoms with Gasteiger partial charge in [-0.2, -0.15) is 0 Å². The predicted octanol–water partition coefficient (Wildman–Crippen LogP) is 1.59. The molecule has 0 spiro atoms. The van der Waals surface area contributed by atoms with Gasteiger partial charge in [0.15, 0.2) is 0 Å². The standard InChI is InChI=1S/C14H18N4O/c1-19-14-6-2-11(3-7-14)9-18-10-13(16-17-18)8-15-12-4-5-12/h2-3,6-7,10,12,15H,4-5,8-9H2,1H3. The molecule has 5 nitrogen and oxygen atoms in total. The largest absolute Gasteiger partial charge is 0.497 e. The highest BCUT2D eigenvalue weighted by molar-refractivity contribution is 5.27. The summed E-state index contributed by atoms with van der Waals surface area (Å²) in [6, 6.07) is 8.71. The lowest BCUT2D eigenvalue weighted by atomic mass is 10.2. The third-order valence-electron chi connectivity index (χ3n) is 3.24. The van der Waals surface area contributed by atoms with Crippen LogP contribution >= 0.6 is 0 Å². The summed E-state index contributed by atoms with van der Waals surface area (Å²) in [5.41, 5.74) is 2.19. The fourth-order valence-electron chi connectivity index (χ4n) is 1.95. The van der Waals surface area contributed by atoms with Crippen LogP contribution < -0.4 is 10.1 Å². The van der Waals surface area contributed by atoms with Crippen molar-refractivity contribution in [3.8, 4) is 5.75 Å². The van der Waals surface area contributed by atoms with Crippen molar-refractivity contribution in [1.29, 1.82) is 0 Å². The first-order valence-corrected chi connectivity index (χ1v) is 6.59. The predicted molar refractivity (Wildman–Crippen MR) is 72.0 cm³/mol. The van der Waals surface area contributed by atoms with Gasteiger partial charge in [-0.25, -0.2) is 4.68 Å². The van der Waals surface area contributed by atoms with Crippen LogP contribution in [0.4, 0.5) is 0 Å². The topological polar surface area (TPSA) is 52.0 Å². The minimum Gasteiger partial charge on any atom is -0.497 e. The maximum absolute atomic E-state index is 5.14. The fourth-order valence-corrected chi connectivity index (χ4v) is 1.95. The van der Waals surface area contributed by atoms with Crippen LogP contribution in [0.5, 0.6) is 5.75 Å². The minimum absolute atomic E-state index is 0.701. The molecule has 19 heavy (non-hydrogen) atoms. The van der Waals surface area contributed by atoms with E-state index in [0.29, 0.717) is 6.04 Å².